The zero-order valence-corrected chi connectivity index (χ0v) is 16.6. The van der Waals surface area contributed by atoms with Gasteiger partial charge in [-0.25, -0.2) is 4.98 Å². The van der Waals surface area contributed by atoms with Crippen LogP contribution in [0.3, 0.4) is 0 Å². The van der Waals surface area contributed by atoms with E-state index in [4.69, 9.17) is 10.2 Å². The molecule has 1 aliphatic rings. The van der Waals surface area contributed by atoms with Gasteiger partial charge in [-0.15, -0.1) is 0 Å². The number of allylic oxidation sites excluding steroid dienone is 3. The van der Waals surface area contributed by atoms with Gasteiger partial charge in [0, 0.05) is 23.3 Å². The van der Waals surface area contributed by atoms with E-state index in [9.17, 15) is 20.6 Å². The van der Waals surface area contributed by atoms with Crippen molar-refractivity contribution >= 4 is 28.7 Å². The number of nitrogens with two attached hydrogens (primary N) is 1. The average molecular weight is 409 g/mol. The van der Waals surface area contributed by atoms with Crippen molar-refractivity contribution in [3.63, 3.8) is 0 Å². The van der Waals surface area contributed by atoms with Crippen molar-refractivity contribution < 1.29 is 9.34 Å². The van der Waals surface area contributed by atoms with Crippen LogP contribution < -0.4 is 5.73 Å². The maximum atomic E-state index is 10.8. The summed E-state index contributed by atoms with van der Waals surface area (Å²) in [7, 11) is 0. The number of rotatable bonds is 3. The number of nitro groups is 1. The number of fused-ring (bicyclic) bond motifs is 1. The molecule has 0 unspecified atom stereocenters. The third-order valence-corrected chi connectivity index (χ3v) is 5.26. The third kappa shape index (κ3) is 3.13. The van der Waals surface area contributed by atoms with Crippen molar-refractivity contribution in [3.05, 3.63) is 80.2 Å². The van der Waals surface area contributed by atoms with Gasteiger partial charge in [-0.2, -0.15) is 10.5 Å². The Morgan fingerprint density at radius 3 is 2.45 bits per heavy atom. The first-order valence-electron chi connectivity index (χ1n) is 9.24. The SMILES string of the molecule is CC1=C(C#N)c2nc(N)c(C#N)c(C)c2/C1=C\c1ccc(-c2ccc([N+](=O)[O-])cc2)o1. The fourth-order valence-corrected chi connectivity index (χ4v) is 3.67. The molecule has 31 heavy (non-hydrogen) atoms. The topological polar surface area (TPSA) is 143 Å². The van der Waals surface area contributed by atoms with Crippen molar-refractivity contribution in [1.29, 1.82) is 10.5 Å². The number of benzene rings is 1. The van der Waals surface area contributed by atoms with E-state index in [-0.39, 0.29) is 17.1 Å². The molecule has 2 N–H and O–H groups in total. The Bertz CT molecular complexity index is 1400. The Kier molecular flexibility index (Phi) is 4.61. The number of hydrogen-bond acceptors (Lipinski definition) is 7. The summed E-state index contributed by atoms with van der Waals surface area (Å²) >= 11 is 0. The minimum Gasteiger partial charge on any atom is -0.457 e. The lowest BCUT2D eigenvalue weighted by molar-refractivity contribution is -0.384. The summed E-state index contributed by atoms with van der Waals surface area (Å²) in [5, 5.41) is 29.9. The predicted octanol–water partition coefficient (Wildman–Crippen LogP) is 4.86. The third-order valence-electron chi connectivity index (χ3n) is 5.26. The van der Waals surface area contributed by atoms with Crippen LogP contribution in [-0.2, 0) is 0 Å². The monoisotopic (exact) mass is 409 g/mol. The number of anilines is 1. The second kappa shape index (κ2) is 7.29. The fraction of sp³-hybridized carbons (Fsp3) is 0.0870. The van der Waals surface area contributed by atoms with Gasteiger partial charge < -0.3 is 10.2 Å². The highest BCUT2D eigenvalue weighted by Crippen LogP contribution is 2.44. The average Bonchev–Trinajstić information content (AvgIpc) is 3.31. The van der Waals surface area contributed by atoms with Gasteiger partial charge in [0.25, 0.3) is 5.69 Å². The molecular formula is C23H15N5O3. The largest absolute Gasteiger partial charge is 0.457 e. The van der Waals surface area contributed by atoms with Gasteiger partial charge in [0.05, 0.1) is 21.8 Å². The Hall–Kier alpha value is -4.69. The highest BCUT2D eigenvalue weighted by Gasteiger charge is 2.29. The highest BCUT2D eigenvalue weighted by molar-refractivity contribution is 6.08. The predicted molar refractivity (Wildman–Crippen MR) is 115 cm³/mol. The standard InChI is InChI=1S/C23H15N5O3/c1-12-17(21-13(2)19(11-25)23(26)27-22(21)18(12)10-24)9-16-7-8-20(31-16)14-3-5-15(6-4-14)28(29)30/h3-9H,1-2H3,(H2,26,27)/b17-9-. The van der Waals surface area contributed by atoms with Gasteiger partial charge >= 0.3 is 0 Å². The first kappa shape index (κ1) is 19.6. The number of non-ortho nitro benzene ring substituents is 1. The van der Waals surface area contributed by atoms with Gasteiger partial charge in [-0.3, -0.25) is 10.1 Å². The van der Waals surface area contributed by atoms with Crippen LogP contribution >= 0.6 is 0 Å². The lowest BCUT2D eigenvalue weighted by Crippen LogP contribution is -2.03. The van der Waals surface area contributed by atoms with Crippen molar-refractivity contribution in [2.75, 3.05) is 5.73 Å². The molecule has 0 fully saturated rings. The van der Waals surface area contributed by atoms with Crippen molar-refractivity contribution in [3.8, 4) is 23.5 Å². The summed E-state index contributed by atoms with van der Waals surface area (Å²) in [4.78, 5) is 14.7. The second-order valence-electron chi connectivity index (χ2n) is 7.01. The number of pyridine rings is 1. The summed E-state index contributed by atoms with van der Waals surface area (Å²) in [5.41, 5.74) is 10.6. The molecule has 0 radical (unpaired) electrons. The van der Waals surface area contributed by atoms with Gasteiger partial charge in [0.2, 0.25) is 0 Å². The summed E-state index contributed by atoms with van der Waals surface area (Å²) in [6.07, 6.45) is 1.79. The van der Waals surface area contributed by atoms with Crippen LogP contribution in [0.15, 0.2) is 46.4 Å². The Balaban J connectivity index is 1.81. The number of nitrogen functional groups attached to an aromatic ring is 1. The van der Waals surface area contributed by atoms with Crippen LogP contribution in [0.5, 0.6) is 0 Å². The Morgan fingerprint density at radius 1 is 1.13 bits per heavy atom. The molecule has 4 rings (SSSR count). The van der Waals surface area contributed by atoms with Crippen LogP contribution in [0.2, 0.25) is 0 Å². The fourth-order valence-electron chi connectivity index (χ4n) is 3.67. The van der Waals surface area contributed by atoms with E-state index in [1.54, 1.807) is 37.3 Å². The van der Waals surface area contributed by atoms with E-state index < -0.39 is 4.92 Å². The minimum atomic E-state index is -0.459. The molecule has 150 valence electrons. The molecule has 0 spiro atoms. The molecular weight excluding hydrogens is 394 g/mol. The molecule has 0 saturated carbocycles. The van der Waals surface area contributed by atoms with Crippen LogP contribution in [0, 0.1) is 39.7 Å². The van der Waals surface area contributed by atoms with Gasteiger partial charge in [-0.05, 0) is 60.9 Å². The molecule has 8 heteroatoms. The molecule has 3 aromatic rings. The van der Waals surface area contributed by atoms with Gasteiger partial charge in [-0.1, -0.05) is 0 Å². The van der Waals surface area contributed by atoms with E-state index in [1.807, 2.05) is 6.92 Å². The number of aromatic nitrogens is 1. The molecule has 2 aromatic heterocycles. The maximum Gasteiger partial charge on any atom is 0.269 e. The normalized spacial score (nSPS) is 13.7. The zero-order chi connectivity index (χ0) is 22.3. The molecule has 1 aromatic carbocycles. The molecule has 0 atom stereocenters. The summed E-state index contributed by atoms with van der Waals surface area (Å²) in [6.45, 7) is 3.59. The van der Waals surface area contributed by atoms with E-state index in [0.29, 0.717) is 39.5 Å². The van der Waals surface area contributed by atoms with E-state index >= 15 is 0 Å². The molecule has 0 bridgehead atoms. The van der Waals surface area contributed by atoms with Gasteiger partial charge in [0.15, 0.2) is 0 Å². The first-order chi connectivity index (χ1) is 14.8. The molecule has 0 aliphatic heterocycles. The quantitative estimate of drug-likeness (QED) is 0.480. The summed E-state index contributed by atoms with van der Waals surface area (Å²) in [5.74, 6) is 1.17. The molecule has 0 saturated heterocycles. The van der Waals surface area contributed by atoms with Crippen LogP contribution in [0.1, 0.15) is 35.1 Å². The zero-order valence-electron chi connectivity index (χ0n) is 16.6. The number of furan rings is 1. The molecule has 1 aliphatic carbocycles. The molecule has 2 heterocycles. The number of hydrogen-bond donors (Lipinski definition) is 1. The first-order valence-corrected chi connectivity index (χ1v) is 9.24. The van der Waals surface area contributed by atoms with Crippen LogP contribution in [0.25, 0.3) is 28.5 Å². The summed E-state index contributed by atoms with van der Waals surface area (Å²) < 4.78 is 5.92. The Morgan fingerprint density at radius 2 is 1.84 bits per heavy atom. The number of nitro benzene ring substituents is 1. The van der Waals surface area contributed by atoms with E-state index in [1.165, 1.54) is 12.1 Å². The molecule has 0 amide bonds. The molecule has 8 nitrogen and oxygen atoms in total. The second-order valence-corrected chi connectivity index (χ2v) is 7.01. The van der Waals surface area contributed by atoms with Gasteiger partial charge in [0.1, 0.15) is 29.5 Å². The number of nitriles is 2. The van der Waals surface area contributed by atoms with Crippen molar-refractivity contribution in [1.82, 2.24) is 4.98 Å². The van der Waals surface area contributed by atoms with Crippen LogP contribution in [-0.4, -0.2) is 9.91 Å². The lowest BCUT2D eigenvalue weighted by atomic mass is 9.96. The van der Waals surface area contributed by atoms with Crippen LogP contribution in [0.4, 0.5) is 11.5 Å². The van der Waals surface area contributed by atoms with Crippen molar-refractivity contribution in [2.45, 2.75) is 13.8 Å². The van der Waals surface area contributed by atoms with E-state index in [0.717, 1.165) is 11.1 Å². The number of nitrogens with zero attached hydrogens (tertiary/aromatic N) is 4. The maximum absolute atomic E-state index is 10.8. The van der Waals surface area contributed by atoms with Crippen molar-refractivity contribution in [2.24, 2.45) is 0 Å². The van der Waals surface area contributed by atoms with E-state index in [2.05, 4.69) is 17.1 Å². The lowest BCUT2D eigenvalue weighted by Gasteiger charge is -2.10. The highest BCUT2D eigenvalue weighted by atomic mass is 16.6. The Labute approximate surface area is 177 Å². The summed E-state index contributed by atoms with van der Waals surface area (Å²) in [6, 6.07) is 13.9. The smallest absolute Gasteiger partial charge is 0.269 e. The minimum absolute atomic E-state index is 0.000510.